The maximum Gasteiger partial charge on any atom is 0.113 e. The number of rotatable bonds is 2. The Morgan fingerprint density at radius 2 is 1.78 bits per heavy atom. The zero-order valence-corrected chi connectivity index (χ0v) is 10.2. The van der Waals surface area contributed by atoms with Crippen LogP contribution in [-0.2, 0) is 0 Å². The highest BCUT2D eigenvalue weighted by Gasteiger charge is 1.99. The summed E-state index contributed by atoms with van der Waals surface area (Å²) >= 11 is 5.84. The minimum absolute atomic E-state index is 0.735. The van der Waals surface area contributed by atoms with E-state index in [1.165, 1.54) is 0 Å². The summed E-state index contributed by atoms with van der Waals surface area (Å²) < 4.78 is 1.75. The van der Waals surface area contributed by atoms with Gasteiger partial charge in [0.15, 0.2) is 0 Å². The molecular weight excluding hydrogens is 246 g/mol. The Labute approximate surface area is 109 Å². The number of benzene rings is 2. The lowest BCUT2D eigenvalue weighted by atomic mass is 10.2. The van der Waals surface area contributed by atoms with Crippen LogP contribution in [0.15, 0.2) is 48.5 Å². The van der Waals surface area contributed by atoms with E-state index in [0.29, 0.717) is 0 Å². The van der Waals surface area contributed by atoms with Gasteiger partial charge in [-0.05, 0) is 35.9 Å². The van der Waals surface area contributed by atoms with E-state index in [2.05, 4.69) is 10.3 Å². The van der Waals surface area contributed by atoms with Gasteiger partial charge in [-0.2, -0.15) is 0 Å². The quantitative estimate of drug-likeness (QED) is 0.699. The normalized spacial score (nSPS) is 11.4. The van der Waals surface area contributed by atoms with Gasteiger partial charge in [0.25, 0.3) is 0 Å². The van der Waals surface area contributed by atoms with Gasteiger partial charge in [0.2, 0.25) is 0 Å². The molecule has 3 nitrogen and oxygen atoms in total. The Morgan fingerprint density at radius 1 is 1.00 bits per heavy atom. The molecule has 3 aromatic rings. The van der Waals surface area contributed by atoms with Crippen molar-refractivity contribution in [1.82, 2.24) is 15.0 Å². The molecule has 0 radical (unpaired) electrons. The summed E-state index contributed by atoms with van der Waals surface area (Å²) in [4.78, 5) is 0. The summed E-state index contributed by atoms with van der Waals surface area (Å²) in [6.07, 6.45) is 3.86. The predicted molar refractivity (Wildman–Crippen MR) is 74.2 cm³/mol. The molecule has 2 aromatic carbocycles. The maximum absolute atomic E-state index is 5.84. The Bertz CT molecular complexity index is 698. The van der Waals surface area contributed by atoms with Crippen LogP contribution in [-0.4, -0.2) is 15.0 Å². The fourth-order valence-electron chi connectivity index (χ4n) is 1.73. The van der Waals surface area contributed by atoms with Gasteiger partial charge < -0.3 is 0 Å². The monoisotopic (exact) mass is 255 g/mol. The summed E-state index contributed by atoms with van der Waals surface area (Å²) in [6, 6.07) is 15.5. The Kier molecular flexibility index (Phi) is 2.82. The second-order valence-electron chi connectivity index (χ2n) is 3.89. The topological polar surface area (TPSA) is 30.7 Å². The van der Waals surface area contributed by atoms with Gasteiger partial charge in [-0.15, -0.1) is 5.10 Å². The first-order chi connectivity index (χ1) is 8.83. The molecular formula is C14H10ClN3. The molecule has 0 fully saturated rings. The number of fused-ring (bicyclic) bond motifs is 1. The standard InChI is InChI=1S/C14H10ClN3/c15-12-7-5-11(6-8-12)9-10-18-14-4-2-1-3-13(14)16-17-18/h1-10H/b10-9+. The molecule has 0 aliphatic carbocycles. The average Bonchev–Trinajstić information content (AvgIpc) is 2.82. The molecule has 1 aromatic heterocycles. The Hall–Kier alpha value is -2.13. The van der Waals surface area contributed by atoms with Crippen LogP contribution in [0, 0.1) is 0 Å². The third-order valence-electron chi connectivity index (χ3n) is 2.66. The van der Waals surface area contributed by atoms with Gasteiger partial charge in [-0.1, -0.05) is 41.1 Å². The van der Waals surface area contributed by atoms with Crippen molar-refractivity contribution in [2.75, 3.05) is 0 Å². The summed E-state index contributed by atoms with van der Waals surface area (Å²) in [5.41, 5.74) is 2.94. The average molecular weight is 256 g/mol. The fourth-order valence-corrected chi connectivity index (χ4v) is 1.85. The van der Waals surface area contributed by atoms with Gasteiger partial charge in [0.1, 0.15) is 5.52 Å². The Balaban J connectivity index is 1.94. The van der Waals surface area contributed by atoms with Gasteiger partial charge in [0, 0.05) is 11.2 Å². The molecule has 3 rings (SSSR count). The number of halogens is 1. The third-order valence-corrected chi connectivity index (χ3v) is 2.91. The molecule has 0 aliphatic rings. The summed E-state index contributed by atoms with van der Waals surface area (Å²) in [6.45, 7) is 0. The Morgan fingerprint density at radius 3 is 2.61 bits per heavy atom. The zero-order valence-electron chi connectivity index (χ0n) is 9.49. The van der Waals surface area contributed by atoms with E-state index in [0.717, 1.165) is 21.6 Å². The number of nitrogens with zero attached hydrogens (tertiary/aromatic N) is 3. The van der Waals surface area contributed by atoms with Gasteiger partial charge in [0.05, 0.1) is 5.52 Å². The van der Waals surface area contributed by atoms with Crippen molar-refractivity contribution in [2.45, 2.75) is 0 Å². The fraction of sp³-hybridized carbons (Fsp3) is 0. The van der Waals surface area contributed by atoms with Crippen molar-refractivity contribution in [3.8, 4) is 0 Å². The highest BCUT2D eigenvalue weighted by atomic mass is 35.5. The van der Waals surface area contributed by atoms with Crippen LogP contribution in [0.2, 0.25) is 5.02 Å². The summed E-state index contributed by atoms with van der Waals surface area (Å²) in [5, 5.41) is 8.90. The smallest absolute Gasteiger partial charge is 0.113 e. The number of hydrogen-bond donors (Lipinski definition) is 0. The van der Waals surface area contributed by atoms with Crippen LogP contribution < -0.4 is 0 Å². The van der Waals surface area contributed by atoms with Gasteiger partial charge in [-0.25, -0.2) is 4.68 Å². The van der Waals surface area contributed by atoms with Crippen LogP contribution in [0.4, 0.5) is 0 Å². The molecule has 0 spiro atoms. The lowest BCUT2D eigenvalue weighted by Gasteiger charge is -1.95. The highest BCUT2D eigenvalue weighted by Crippen LogP contribution is 2.13. The number of hydrogen-bond acceptors (Lipinski definition) is 2. The first-order valence-corrected chi connectivity index (χ1v) is 5.94. The van der Waals surface area contributed by atoms with Crippen LogP contribution in [0.1, 0.15) is 5.56 Å². The summed E-state index contributed by atoms with van der Waals surface area (Å²) in [5.74, 6) is 0. The molecule has 1 heterocycles. The molecule has 0 bridgehead atoms. The molecule has 0 amide bonds. The largest absolute Gasteiger partial charge is 0.220 e. The van der Waals surface area contributed by atoms with Crippen molar-refractivity contribution in [2.24, 2.45) is 0 Å². The van der Waals surface area contributed by atoms with Crippen LogP contribution in [0.25, 0.3) is 23.3 Å². The second kappa shape index (κ2) is 4.63. The molecule has 0 atom stereocenters. The number of aromatic nitrogens is 3. The number of para-hydroxylation sites is 1. The maximum atomic E-state index is 5.84. The predicted octanol–water partition coefficient (Wildman–Crippen LogP) is 3.71. The third kappa shape index (κ3) is 2.13. The molecule has 18 heavy (non-hydrogen) atoms. The van der Waals surface area contributed by atoms with Crippen molar-refractivity contribution < 1.29 is 0 Å². The lowest BCUT2D eigenvalue weighted by Crippen LogP contribution is -1.88. The SMILES string of the molecule is Clc1ccc(/C=C/n2nnc3ccccc32)cc1. The van der Waals surface area contributed by atoms with Gasteiger partial charge >= 0.3 is 0 Å². The van der Waals surface area contributed by atoms with Crippen molar-refractivity contribution in [3.05, 3.63) is 59.1 Å². The highest BCUT2D eigenvalue weighted by molar-refractivity contribution is 6.30. The van der Waals surface area contributed by atoms with E-state index in [-0.39, 0.29) is 0 Å². The minimum atomic E-state index is 0.735. The summed E-state index contributed by atoms with van der Waals surface area (Å²) in [7, 11) is 0. The molecule has 0 aliphatic heterocycles. The van der Waals surface area contributed by atoms with Crippen molar-refractivity contribution in [3.63, 3.8) is 0 Å². The van der Waals surface area contributed by atoms with Crippen LogP contribution in [0.3, 0.4) is 0 Å². The van der Waals surface area contributed by atoms with Crippen LogP contribution >= 0.6 is 11.6 Å². The van der Waals surface area contributed by atoms with E-state index in [4.69, 9.17) is 11.6 Å². The second-order valence-corrected chi connectivity index (χ2v) is 4.33. The van der Waals surface area contributed by atoms with E-state index < -0.39 is 0 Å². The van der Waals surface area contributed by atoms with E-state index in [9.17, 15) is 0 Å². The zero-order chi connectivity index (χ0) is 12.4. The molecule has 0 saturated heterocycles. The molecule has 4 heteroatoms. The van der Waals surface area contributed by atoms with Crippen molar-refractivity contribution >= 4 is 34.9 Å². The lowest BCUT2D eigenvalue weighted by molar-refractivity contribution is 0.863. The molecule has 88 valence electrons. The van der Waals surface area contributed by atoms with Gasteiger partial charge in [-0.3, -0.25) is 0 Å². The molecule has 0 saturated carbocycles. The molecule has 0 N–H and O–H groups in total. The minimum Gasteiger partial charge on any atom is -0.220 e. The van der Waals surface area contributed by atoms with E-state index >= 15 is 0 Å². The first-order valence-electron chi connectivity index (χ1n) is 5.57. The van der Waals surface area contributed by atoms with E-state index in [1.807, 2.05) is 60.8 Å². The van der Waals surface area contributed by atoms with Crippen LogP contribution in [0.5, 0.6) is 0 Å². The van der Waals surface area contributed by atoms with E-state index in [1.54, 1.807) is 4.68 Å². The first kappa shape index (κ1) is 11.0. The van der Waals surface area contributed by atoms with Crippen molar-refractivity contribution in [1.29, 1.82) is 0 Å². The molecule has 0 unspecified atom stereocenters.